The first-order valence-electron chi connectivity index (χ1n) is 11.0. The molecule has 2 aromatic carbocycles. The summed E-state index contributed by atoms with van der Waals surface area (Å²) in [7, 11) is 0. The minimum Gasteiger partial charge on any atom is -0.369 e. The zero-order valence-electron chi connectivity index (χ0n) is 18.1. The van der Waals surface area contributed by atoms with Crippen molar-refractivity contribution in [2.75, 3.05) is 13.1 Å². The normalized spacial score (nSPS) is 17.9. The number of carbonyl (C=O) groups is 2. The first kappa shape index (κ1) is 20.8. The van der Waals surface area contributed by atoms with E-state index in [2.05, 4.69) is 9.97 Å². The molecule has 0 aliphatic carbocycles. The molecule has 2 N–H and O–H groups in total. The summed E-state index contributed by atoms with van der Waals surface area (Å²) in [6.07, 6.45) is 6.23. The van der Waals surface area contributed by atoms with Crippen LogP contribution in [-0.4, -0.2) is 39.8 Å². The molecule has 6 heteroatoms. The number of likely N-dealkylation sites (tertiary alicyclic amines) is 1. The van der Waals surface area contributed by atoms with Crippen LogP contribution in [0.2, 0.25) is 0 Å². The number of nitrogens with two attached hydrogens (primary N) is 1. The van der Waals surface area contributed by atoms with Crippen molar-refractivity contribution in [3.05, 3.63) is 96.4 Å². The third-order valence-electron chi connectivity index (χ3n) is 6.58. The maximum absolute atomic E-state index is 13.5. The predicted octanol–water partition coefficient (Wildman–Crippen LogP) is 3.86. The Bertz CT molecular complexity index is 1330. The highest BCUT2D eigenvalue weighted by Crippen LogP contribution is 2.38. The van der Waals surface area contributed by atoms with E-state index in [4.69, 9.17) is 5.73 Å². The number of carbonyl (C=O) groups excluding carboxylic acids is 2. The van der Waals surface area contributed by atoms with Crippen LogP contribution in [0.15, 0.2) is 85.3 Å². The van der Waals surface area contributed by atoms with Crippen LogP contribution in [0.3, 0.4) is 0 Å². The number of hydrogen-bond acceptors (Lipinski definition) is 4. The van der Waals surface area contributed by atoms with Gasteiger partial charge < -0.3 is 10.6 Å². The Hall–Kier alpha value is -4.06. The summed E-state index contributed by atoms with van der Waals surface area (Å²) in [6, 6.07) is 21.2. The fourth-order valence-corrected chi connectivity index (χ4v) is 4.79. The highest BCUT2D eigenvalue weighted by atomic mass is 16.2. The van der Waals surface area contributed by atoms with E-state index in [1.54, 1.807) is 23.5 Å². The maximum atomic E-state index is 13.5. The van der Waals surface area contributed by atoms with Crippen molar-refractivity contribution in [2.24, 2.45) is 11.1 Å². The van der Waals surface area contributed by atoms with Gasteiger partial charge in [-0.3, -0.25) is 19.6 Å². The molecule has 0 unspecified atom stereocenters. The molecule has 3 heterocycles. The lowest BCUT2D eigenvalue weighted by atomic mass is 9.78. The van der Waals surface area contributed by atoms with Crippen LogP contribution in [-0.2, 0) is 11.2 Å². The number of hydrogen-bond donors (Lipinski definition) is 1. The van der Waals surface area contributed by atoms with Gasteiger partial charge in [0.1, 0.15) is 0 Å². The molecular weight excluding hydrogens is 412 g/mol. The van der Waals surface area contributed by atoms with E-state index in [1.165, 1.54) is 0 Å². The molecule has 5 rings (SSSR count). The molecule has 1 aliphatic rings. The molecule has 0 saturated carbocycles. The Morgan fingerprint density at radius 2 is 1.76 bits per heavy atom. The molecule has 33 heavy (non-hydrogen) atoms. The fourth-order valence-electron chi connectivity index (χ4n) is 4.79. The van der Waals surface area contributed by atoms with E-state index in [9.17, 15) is 9.59 Å². The molecule has 0 radical (unpaired) electrons. The van der Waals surface area contributed by atoms with Crippen molar-refractivity contribution < 1.29 is 9.59 Å². The number of aromatic nitrogens is 2. The minimum absolute atomic E-state index is 0.0980. The molecule has 0 spiro atoms. The zero-order valence-corrected chi connectivity index (χ0v) is 18.1. The average Bonchev–Trinajstić information content (AvgIpc) is 3.30. The Kier molecular flexibility index (Phi) is 5.34. The standard InChI is InChI=1S/C27H24N4O2/c28-26(33)27(17-20-5-1-2-6-21(20)19-10-14-29-15-11-19)12-16-31(18-27)25(32)23-7-3-9-24-22(23)8-4-13-30-24/h1-11,13-15H,12,16-18H2,(H2,28,33)/t27-/m1/s1. The van der Waals surface area contributed by atoms with Crippen molar-refractivity contribution in [1.29, 1.82) is 0 Å². The lowest BCUT2D eigenvalue weighted by molar-refractivity contribution is -0.126. The summed E-state index contributed by atoms with van der Waals surface area (Å²) < 4.78 is 0. The minimum atomic E-state index is -0.818. The SMILES string of the molecule is NC(=O)[C@@]1(Cc2ccccc2-c2ccncc2)CCN(C(=O)c2cccc3ncccc23)C1. The monoisotopic (exact) mass is 436 g/mol. The number of pyridine rings is 2. The van der Waals surface area contributed by atoms with Crippen LogP contribution >= 0.6 is 0 Å². The van der Waals surface area contributed by atoms with Gasteiger partial charge >= 0.3 is 0 Å². The smallest absolute Gasteiger partial charge is 0.254 e. The maximum Gasteiger partial charge on any atom is 0.254 e. The van der Waals surface area contributed by atoms with Gasteiger partial charge in [0.2, 0.25) is 5.91 Å². The van der Waals surface area contributed by atoms with Crippen LogP contribution in [0.25, 0.3) is 22.0 Å². The third kappa shape index (κ3) is 3.84. The lowest BCUT2D eigenvalue weighted by Gasteiger charge is -2.27. The zero-order chi connectivity index (χ0) is 22.8. The second kappa shape index (κ2) is 8.47. The van der Waals surface area contributed by atoms with Crippen LogP contribution in [0, 0.1) is 5.41 Å². The van der Waals surface area contributed by atoms with E-state index in [0.29, 0.717) is 31.5 Å². The summed E-state index contributed by atoms with van der Waals surface area (Å²) in [6.45, 7) is 0.776. The molecule has 2 aromatic heterocycles. The molecular formula is C27H24N4O2. The van der Waals surface area contributed by atoms with E-state index >= 15 is 0 Å². The van der Waals surface area contributed by atoms with Crippen molar-refractivity contribution in [1.82, 2.24) is 14.9 Å². The van der Waals surface area contributed by atoms with Gasteiger partial charge in [-0.25, -0.2) is 0 Å². The highest BCUT2D eigenvalue weighted by Gasteiger charge is 2.45. The molecule has 4 aromatic rings. The first-order valence-corrected chi connectivity index (χ1v) is 11.0. The number of primary amides is 1. The second-order valence-corrected chi connectivity index (χ2v) is 8.57. The highest BCUT2D eigenvalue weighted by molar-refractivity contribution is 6.06. The van der Waals surface area contributed by atoms with Crippen molar-refractivity contribution in [3.8, 4) is 11.1 Å². The predicted molar refractivity (Wildman–Crippen MR) is 127 cm³/mol. The van der Waals surface area contributed by atoms with Gasteiger partial charge in [0.25, 0.3) is 5.91 Å². The van der Waals surface area contributed by atoms with Gasteiger partial charge in [0, 0.05) is 42.6 Å². The van der Waals surface area contributed by atoms with Crippen LogP contribution in [0.1, 0.15) is 22.3 Å². The van der Waals surface area contributed by atoms with Crippen LogP contribution in [0.4, 0.5) is 0 Å². The number of fused-ring (bicyclic) bond motifs is 1. The quantitative estimate of drug-likeness (QED) is 0.515. The number of amides is 2. The summed E-state index contributed by atoms with van der Waals surface area (Å²) in [5.41, 5.74) is 9.63. The molecule has 6 nitrogen and oxygen atoms in total. The Labute approximate surface area is 192 Å². The summed E-state index contributed by atoms with van der Waals surface area (Å²) in [5.74, 6) is -0.471. The van der Waals surface area contributed by atoms with Gasteiger partial charge in [-0.15, -0.1) is 0 Å². The average molecular weight is 437 g/mol. The molecule has 164 valence electrons. The summed E-state index contributed by atoms with van der Waals surface area (Å²) in [4.78, 5) is 36.4. The van der Waals surface area contributed by atoms with Crippen molar-refractivity contribution in [2.45, 2.75) is 12.8 Å². The fraction of sp³-hybridized carbons (Fsp3) is 0.185. The van der Waals surface area contributed by atoms with E-state index in [1.807, 2.05) is 66.7 Å². The Morgan fingerprint density at radius 3 is 2.58 bits per heavy atom. The molecule has 0 bridgehead atoms. The number of nitrogens with zero attached hydrogens (tertiary/aromatic N) is 3. The topological polar surface area (TPSA) is 89.2 Å². The van der Waals surface area contributed by atoms with Gasteiger partial charge in [-0.2, -0.15) is 0 Å². The van der Waals surface area contributed by atoms with E-state index in [0.717, 1.165) is 27.6 Å². The van der Waals surface area contributed by atoms with E-state index < -0.39 is 5.41 Å². The van der Waals surface area contributed by atoms with Gasteiger partial charge in [0.05, 0.1) is 10.9 Å². The first-order chi connectivity index (χ1) is 16.1. The number of rotatable bonds is 5. The Balaban J connectivity index is 1.45. The summed E-state index contributed by atoms with van der Waals surface area (Å²) >= 11 is 0. The lowest BCUT2D eigenvalue weighted by Crippen LogP contribution is -2.42. The largest absolute Gasteiger partial charge is 0.369 e. The number of benzene rings is 2. The Morgan fingerprint density at radius 1 is 0.939 bits per heavy atom. The molecule has 2 amide bonds. The van der Waals surface area contributed by atoms with Gasteiger partial charge in [-0.1, -0.05) is 36.4 Å². The van der Waals surface area contributed by atoms with E-state index in [-0.39, 0.29) is 11.8 Å². The molecule has 1 fully saturated rings. The molecule has 1 aliphatic heterocycles. The summed E-state index contributed by atoms with van der Waals surface area (Å²) in [5, 5.41) is 0.810. The van der Waals surface area contributed by atoms with Crippen molar-refractivity contribution >= 4 is 22.7 Å². The molecule has 1 atom stereocenters. The third-order valence-corrected chi connectivity index (χ3v) is 6.58. The van der Waals surface area contributed by atoms with Gasteiger partial charge in [0.15, 0.2) is 0 Å². The van der Waals surface area contributed by atoms with Gasteiger partial charge in [-0.05, 0) is 59.9 Å². The van der Waals surface area contributed by atoms with Crippen molar-refractivity contribution in [3.63, 3.8) is 0 Å². The van der Waals surface area contributed by atoms with Crippen LogP contribution < -0.4 is 5.73 Å². The molecule has 1 saturated heterocycles. The van der Waals surface area contributed by atoms with Crippen LogP contribution in [0.5, 0.6) is 0 Å². The second-order valence-electron chi connectivity index (χ2n) is 8.57.